The summed E-state index contributed by atoms with van der Waals surface area (Å²) in [5.41, 5.74) is 0. The Morgan fingerprint density at radius 1 is 0.571 bits per heavy atom. The molecule has 0 radical (unpaired) electrons. The lowest BCUT2D eigenvalue weighted by Crippen LogP contribution is -1.78. The fraction of sp³-hybridized carbons (Fsp3) is 1.00. The number of hydrogen-bond acceptors (Lipinski definition) is 2. The molecule has 0 spiro atoms. The molecule has 0 heterocycles. The molecule has 0 unspecified atom stereocenters. The fourth-order valence-corrected chi connectivity index (χ4v) is 1.59. The SMILES string of the molecule is CCCCCCCCS.CCCCS. The second-order valence-corrected chi connectivity index (χ2v) is 4.46. The highest BCUT2D eigenvalue weighted by molar-refractivity contribution is 7.80. The van der Waals surface area contributed by atoms with Crippen molar-refractivity contribution in [1.29, 1.82) is 0 Å². The largest absolute Gasteiger partial charge is 0.179 e. The van der Waals surface area contributed by atoms with Crippen molar-refractivity contribution in [3.63, 3.8) is 0 Å². The van der Waals surface area contributed by atoms with Crippen LogP contribution in [0.3, 0.4) is 0 Å². The van der Waals surface area contributed by atoms with Crippen molar-refractivity contribution in [2.45, 2.75) is 65.2 Å². The first kappa shape index (κ1) is 17.1. The van der Waals surface area contributed by atoms with Crippen LogP contribution in [0, 0.1) is 0 Å². The third-order valence-corrected chi connectivity index (χ3v) is 2.66. The van der Waals surface area contributed by atoms with Gasteiger partial charge >= 0.3 is 0 Å². The van der Waals surface area contributed by atoms with Crippen LogP contribution < -0.4 is 0 Å². The Morgan fingerprint density at radius 2 is 1.00 bits per heavy atom. The summed E-state index contributed by atoms with van der Waals surface area (Å²) in [4.78, 5) is 0. The van der Waals surface area contributed by atoms with Crippen molar-refractivity contribution in [3.05, 3.63) is 0 Å². The maximum Gasteiger partial charge on any atom is -0.00979 e. The van der Waals surface area contributed by atoms with Crippen molar-refractivity contribution in [2.24, 2.45) is 0 Å². The summed E-state index contributed by atoms with van der Waals surface area (Å²) in [5.74, 6) is 2.10. The summed E-state index contributed by atoms with van der Waals surface area (Å²) in [5, 5.41) is 0. The molecule has 0 atom stereocenters. The van der Waals surface area contributed by atoms with Crippen LogP contribution in [0.15, 0.2) is 0 Å². The lowest BCUT2D eigenvalue weighted by Gasteiger charge is -1.95. The van der Waals surface area contributed by atoms with E-state index in [1.54, 1.807) is 0 Å². The maximum atomic E-state index is 4.15. The van der Waals surface area contributed by atoms with Crippen molar-refractivity contribution in [2.75, 3.05) is 11.5 Å². The van der Waals surface area contributed by atoms with Crippen molar-refractivity contribution in [3.8, 4) is 0 Å². The first-order valence-electron chi connectivity index (χ1n) is 6.05. The zero-order chi connectivity index (χ0) is 11.1. The monoisotopic (exact) mass is 236 g/mol. The minimum Gasteiger partial charge on any atom is -0.179 e. The third-order valence-electron chi connectivity index (χ3n) is 2.02. The average Bonchev–Trinajstić information content (AvgIpc) is 2.20. The summed E-state index contributed by atoms with van der Waals surface area (Å²) in [6.07, 6.45) is 10.8. The van der Waals surface area contributed by atoms with E-state index >= 15 is 0 Å². The van der Waals surface area contributed by atoms with Gasteiger partial charge in [0.1, 0.15) is 0 Å². The molecule has 88 valence electrons. The topological polar surface area (TPSA) is 0 Å². The van der Waals surface area contributed by atoms with E-state index in [4.69, 9.17) is 0 Å². The Balaban J connectivity index is 0. The van der Waals surface area contributed by atoms with Gasteiger partial charge in [-0.1, -0.05) is 52.4 Å². The van der Waals surface area contributed by atoms with Crippen molar-refractivity contribution < 1.29 is 0 Å². The quantitative estimate of drug-likeness (QED) is 0.430. The molecule has 0 saturated heterocycles. The Morgan fingerprint density at radius 3 is 1.36 bits per heavy atom. The maximum absolute atomic E-state index is 4.15. The highest BCUT2D eigenvalue weighted by atomic mass is 32.1. The number of hydrogen-bond donors (Lipinski definition) is 2. The van der Waals surface area contributed by atoms with Gasteiger partial charge in [0.2, 0.25) is 0 Å². The summed E-state index contributed by atoms with van der Waals surface area (Å²) < 4.78 is 0. The Hall–Kier alpha value is 0.700. The molecule has 0 aliphatic rings. The van der Waals surface area contributed by atoms with Crippen LogP contribution in [-0.4, -0.2) is 11.5 Å². The van der Waals surface area contributed by atoms with Gasteiger partial charge in [-0.3, -0.25) is 0 Å². The predicted octanol–water partition coefficient (Wildman–Crippen LogP) is 4.99. The zero-order valence-electron chi connectivity index (χ0n) is 9.97. The van der Waals surface area contributed by atoms with Gasteiger partial charge < -0.3 is 0 Å². The van der Waals surface area contributed by atoms with Crippen LogP contribution in [0.2, 0.25) is 0 Å². The van der Waals surface area contributed by atoms with Gasteiger partial charge in [-0.05, 0) is 24.3 Å². The van der Waals surface area contributed by atoms with E-state index in [0.29, 0.717) is 0 Å². The molecule has 0 amide bonds. The molecular formula is C12H28S2. The van der Waals surface area contributed by atoms with E-state index in [0.717, 1.165) is 11.5 Å². The molecule has 0 aliphatic carbocycles. The summed E-state index contributed by atoms with van der Waals surface area (Å²) in [6.45, 7) is 4.41. The normalized spacial score (nSPS) is 9.43. The number of thiol groups is 2. The lowest BCUT2D eigenvalue weighted by atomic mass is 10.1. The van der Waals surface area contributed by atoms with E-state index in [1.807, 2.05) is 0 Å². The molecule has 0 rings (SSSR count). The molecule has 0 N–H and O–H groups in total. The van der Waals surface area contributed by atoms with Gasteiger partial charge in [-0.15, -0.1) is 0 Å². The smallest absolute Gasteiger partial charge is 0.00979 e. The summed E-state index contributed by atoms with van der Waals surface area (Å²) >= 11 is 8.15. The summed E-state index contributed by atoms with van der Waals surface area (Å²) in [6, 6.07) is 0. The predicted molar refractivity (Wildman–Crippen MR) is 76.0 cm³/mol. The highest BCUT2D eigenvalue weighted by Gasteiger charge is 1.86. The van der Waals surface area contributed by atoms with Crippen LogP contribution in [0.4, 0.5) is 0 Å². The second kappa shape index (κ2) is 19.3. The molecule has 0 nitrogen and oxygen atoms in total. The highest BCUT2D eigenvalue weighted by Crippen LogP contribution is 2.04. The molecule has 0 aliphatic heterocycles. The van der Waals surface area contributed by atoms with Crippen molar-refractivity contribution in [1.82, 2.24) is 0 Å². The van der Waals surface area contributed by atoms with E-state index in [-0.39, 0.29) is 0 Å². The van der Waals surface area contributed by atoms with Gasteiger partial charge in [0.05, 0.1) is 0 Å². The Bertz CT molecular complexity index is 66.7. The average molecular weight is 236 g/mol. The standard InChI is InChI=1S/C8H18S.C4H10S/c1-2-3-4-5-6-7-8-9;1-2-3-4-5/h9H,2-8H2,1H3;5H,2-4H2,1H3. The second-order valence-electron chi connectivity index (χ2n) is 3.57. The number of rotatable bonds is 8. The molecule has 0 bridgehead atoms. The summed E-state index contributed by atoms with van der Waals surface area (Å²) in [7, 11) is 0. The molecule has 0 aromatic rings. The Labute approximate surface area is 102 Å². The van der Waals surface area contributed by atoms with Crippen LogP contribution in [0.5, 0.6) is 0 Å². The van der Waals surface area contributed by atoms with Crippen LogP contribution >= 0.6 is 25.3 Å². The van der Waals surface area contributed by atoms with Gasteiger partial charge in [0.25, 0.3) is 0 Å². The van der Waals surface area contributed by atoms with E-state index in [9.17, 15) is 0 Å². The lowest BCUT2D eigenvalue weighted by molar-refractivity contribution is 0.627. The third kappa shape index (κ3) is 23.0. The molecule has 0 aromatic carbocycles. The molecule has 14 heavy (non-hydrogen) atoms. The van der Waals surface area contributed by atoms with Gasteiger partial charge in [-0.2, -0.15) is 25.3 Å². The molecule has 0 aromatic heterocycles. The van der Waals surface area contributed by atoms with E-state index in [2.05, 4.69) is 39.1 Å². The fourth-order valence-electron chi connectivity index (χ4n) is 1.05. The van der Waals surface area contributed by atoms with Crippen LogP contribution in [0.25, 0.3) is 0 Å². The Kier molecular flexibility index (Phi) is 23.6. The van der Waals surface area contributed by atoms with E-state index < -0.39 is 0 Å². The van der Waals surface area contributed by atoms with Gasteiger partial charge in [0, 0.05) is 0 Å². The molecule has 0 fully saturated rings. The molecule has 2 heteroatoms. The van der Waals surface area contributed by atoms with Gasteiger partial charge in [0.15, 0.2) is 0 Å². The first-order chi connectivity index (χ1) is 6.83. The van der Waals surface area contributed by atoms with Crippen LogP contribution in [0.1, 0.15) is 65.2 Å². The molecular weight excluding hydrogens is 208 g/mol. The minimum atomic E-state index is 1.04. The molecule has 0 saturated carbocycles. The first-order valence-corrected chi connectivity index (χ1v) is 7.31. The van der Waals surface area contributed by atoms with Gasteiger partial charge in [-0.25, -0.2) is 0 Å². The van der Waals surface area contributed by atoms with Crippen molar-refractivity contribution >= 4 is 25.3 Å². The van der Waals surface area contributed by atoms with E-state index in [1.165, 1.54) is 51.4 Å². The number of unbranched alkanes of at least 4 members (excludes halogenated alkanes) is 6. The zero-order valence-corrected chi connectivity index (χ0v) is 11.8. The minimum absolute atomic E-state index is 1.04. The van der Waals surface area contributed by atoms with Crippen LogP contribution in [-0.2, 0) is 0 Å².